The van der Waals surface area contributed by atoms with Gasteiger partial charge >= 0.3 is 0 Å². The molecule has 6 aromatic carbocycles. The molecule has 108 heavy (non-hydrogen) atoms. The van der Waals surface area contributed by atoms with Crippen LogP contribution in [0.2, 0.25) is 0 Å². The molecule has 6 heterocycles. The van der Waals surface area contributed by atoms with E-state index in [1.165, 1.54) is 11.1 Å². The molecule has 0 aromatic heterocycles. The molecule has 18 heteroatoms. The van der Waals surface area contributed by atoms with E-state index in [9.17, 15) is 0 Å². The topological polar surface area (TPSA) is 188 Å². The first-order valence-electron chi connectivity index (χ1n) is 40.5. The lowest BCUT2D eigenvalue weighted by Gasteiger charge is -2.16. The van der Waals surface area contributed by atoms with Crippen molar-refractivity contribution in [1.29, 1.82) is 0 Å². The Kier molecular flexibility index (Phi) is 57.9. The van der Waals surface area contributed by atoms with Crippen molar-refractivity contribution in [3.8, 4) is 0 Å². The van der Waals surface area contributed by atoms with Gasteiger partial charge in [0, 0.05) is 83.1 Å². The quantitative estimate of drug-likeness (QED) is 0.0441. The Hall–Kier alpha value is -5.40. The van der Waals surface area contributed by atoms with Crippen LogP contribution in [0.1, 0.15) is 333 Å². The van der Waals surface area contributed by atoms with E-state index in [-0.39, 0.29) is 89.0 Å². The second-order valence-corrected chi connectivity index (χ2v) is 24.3. The van der Waals surface area contributed by atoms with E-state index in [0.717, 1.165) is 121 Å². The Morgan fingerprint density at radius 2 is 0.472 bits per heavy atom. The zero-order chi connectivity index (χ0) is 80.6. The van der Waals surface area contributed by atoms with Crippen LogP contribution in [0.25, 0.3) is 0 Å². The first kappa shape index (κ1) is 101. The van der Waals surface area contributed by atoms with Gasteiger partial charge in [0.15, 0.2) is 62.9 Å². The van der Waals surface area contributed by atoms with Crippen molar-refractivity contribution >= 4 is 0 Å². The minimum atomic E-state index is -0.512. The molecule has 12 atom stereocenters. The van der Waals surface area contributed by atoms with Crippen molar-refractivity contribution < 1.29 is 86.0 Å². The lowest BCUT2D eigenvalue weighted by atomic mass is 10.0. The minimum absolute atomic E-state index is 0.0514. The number of aliphatic hydroxyl groups excluding tert-OH is 2. The fraction of sp³-hybridized carbons (Fsp3) is 0.600. The van der Waals surface area contributed by atoms with Crippen molar-refractivity contribution in [3.05, 3.63) is 212 Å². The van der Waals surface area contributed by atoms with Crippen LogP contribution in [0, 0.1) is 11.8 Å². The largest absolute Gasteiger partial charge is 0.394 e. The lowest BCUT2D eigenvalue weighted by molar-refractivity contribution is -0.238. The Bertz CT molecular complexity index is 2910. The summed E-state index contributed by atoms with van der Waals surface area (Å²) in [4.78, 5) is 0. The van der Waals surface area contributed by atoms with Crippen molar-refractivity contribution in [3.63, 3.8) is 0 Å². The van der Waals surface area contributed by atoms with Gasteiger partial charge in [0.25, 0.3) is 0 Å². The maximum Gasteiger partial charge on any atom is 0.187 e. The molecule has 0 fully saturated rings. The van der Waals surface area contributed by atoms with Gasteiger partial charge in [0.05, 0.1) is 65.1 Å². The summed E-state index contributed by atoms with van der Waals surface area (Å²) < 4.78 is 89.7. The molecule has 0 saturated carbocycles. The molecule has 0 spiro atoms. The molecule has 6 aliphatic rings. The van der Waals surface area contributed by atoms with Gasteiger partial charge in [-0.1, -0.05) is 283 Å². The summed E-state index contributed by atoms with van der Waals surface area (Å²) in [6.45, 7) is 49.7. The number of rotatable bonds is 28. The molecular formula is C90H144O18. The number of ether oxygens (including phenoxy) is 16. The van der Waals surface area contributed by atoms with Gasteiger partial charge < -0.3 is 86.0 Å². The number of hydrogen-bond donors (Lipinski definition) is 2. The van der Waals surface area contributed by atoms with Crippen LogP contribution in [0.5, 0.6) is 0 Å². The normalized spacial score (nSPS) is 21.2. The SMILES string of the molecule is CC.CC.CC.CC.CC.CC.CC(C)CCOC1OC(OCCC(C)C)c2ccccc21.CC1OC(C)c2ccccc21.CCCCOC1OC(OCCCC)c2ccccc21.CCOC1OC(OCC)c2ccccc21.COC1OC(OC)c2ccccc21.OCCOC1OC(OCCO)c2ccccc21. The fourth-order valence-corrected chi connectivity index (χ4v) is 11.2. The average molecular weight is 1510 g/mol. The molecule has 6 aliphatic heterocycles. The third-order valence-corrected chi connectivity index (χ3v) is 16.3. The predicted octanol–water partition coefficient (Wildman–Crippen LogP) is 23.7. The van der Waals surface area contributed by atoms with Crippen LogP contribution in [0.3, 0.4) is 0 Å². The Balaban J connectivity index is 0.000000635. The van der Waals surface area contributed by atoms with Gasteiger partial charge in [0.2, 0.25) is 0 Å². The summed E-state index contributed by atoms with van der Waals surface area (Å²) >= 11 is 0. The molecule has 0 bridgehead atoms. The summed E-state index contributed by atoms with van der Waals surface area (Å²) in [5, 5.41) is 17.5. The predicted molar refractivity (Wildman–Crippen MR) is 433 cm³/mol. The summed E-state index contributed by atoms with van der Waals surface area (Å²) in [6.07, 6.45) is 3.75. The second-order valence-electron chi connectivity index (χ2n) is 24.3. The second kappa shape index (κ2) is 62.2. The molecule has 12 unspecified atom stereocenters. The molecule has 0 saturated heterocycles. The van der Waals surface area contributed by atoms with Crippen molar-refractivity contribution in [2.24, 2.45) is 11.8 Å². The van der Waals surface area contributed by atoms with Crippen LogP contribution in [-0.4, -0.2) is 90.5 Å². The zero-order valence-corrected chi connectivity index (χ0v) is 70.7. The van der Waals surface area contributed by atoms with Gasteiger partial charge in [-0.3, -0.25) is 0 Å². The first-order chi connectivity index (χ1) is 52.8. The van der Waals surface area contributed by atoms with E-state index in [2.05, 4.69) is 104 Å². The highest BCUT2D eigenvalue weighted by atomic mass is 16.8. The Labute approximate surface area is 653 Å². The van der Waals surface area contributed by atoms with Crippen LogP contribution >= 0.6 is 0 Å². The lowest BCUT2D eigenvalue weighted by Crippen LogP contribution is -2.10. The van der Waals surface area contributed by atoms with Crippen LogP contribution in [-0.2, 0) is 75.8 Å². The third-order valence-electron chi connectivity index (χ3n) is 16.3. The molecule has 0 amide bonds. The maximum atomic E-state index is 8.74. The molecular weight excluding hydrogens is 1370 g/mol. The molecule has 18 nitrogen and oxygen atoms in total. The summed E-state index contributed by atoms with van der Waals surface area (Å²) in [7, 11) is 3.25. The van der Waals surface area contributed by atoms with Crippen molar-refractivity contribution in [2.45, 2.75) is 266 Å². The zero-order valence-electron chi connectivity index (χ0n) is 70.7. The number of methoxy groups -OCH3 is 2. The fourth-order valence-electron chi connectivity index (χ4n) is 11.2. The van der Waals surface area contributed by atoms with E-state index in [4.69, 9.17) is 86.0 Å². The number of hydrogen-bond acceptors (Lipinski definition) is 18. The maximum absolute atomic E-state index is 8.74. The average Bonchev–Trinajstić information content (AvgIpc) is 1.69. The molecule has 0 radical (unpaired) electrons. The molecule has 6 aromatic rings. The minimum Gasteiger partial charge on any atom is -0.394 e. The highest BCUT2D eigenvalue weighted by molar-refractivity contribution is 5.37. The van der Waals surface area contributed by atoms with Gasteiger partial charge in [-0.15, -0.1) is 0 Å². The van der Waals surface area contributed by atoms with E-state index in [1.807, 2.05) is 194 Å². The highest BCUT2D eigenvalue weighted by Gasteiger charge is 2.37. The summed E-state index contributed by atoms with van der Waals surface area (Å²) in [5.74, 6) is 1.28. The standard InChI is InChI=1S/C18H28O3.C16H24O3.C12H16O5.C12H16O3.C10H12O3.C10H12O.6C2H6/c1-13(2)9-11-19-17-15-7-5-6-8-16(15)18(21-17)20-12-10-14(3)4;1-3-5-11-17-15-13-9-7-8-10-14(13)16(19-15)18-12-6-4-2;13-5-7-15-11-9-3-1-2-4-10(9)12(17-11)16-8-6-14;1-3-13-11-9-7-5-6-8-10(9)12(15-11)14-4-2;1-11-9-7-5-3-4-6-8(7)10(12-2)13-9;1-7-9-5-3-4-6-10(9)8(2)11-7;6*1-2/h5-8,13-14,17-18H,9-12H2,1-4H3;7-10,15-16H,3-6,11-12H2,1-2H3;1-4,11-14H,5-8H2;5-8,11-12H,3-4H2,1-2H3;3-6,9-10H,1-2H3;3-8H,1-2H3;6*1-2H3. The Morgan fingerprint density at radius 1 is 0.278 bits per heavy atom. The van der Waals surface area contributed by atoms with Crippen LogP contribution in [0.15, 0.2) is 146 Å². The molecule has 2 N–H and O–H groups in total. The summed E-state index contributed by atoms with van der Waals surface area (Å²) in [5.41, 5.74) is 13.2. The molecule has 12 rings (SSSR count). The van der Waals surface area contributed by atoms with Crippen LogP contribution < -0.4 is 0 Å². The van der Waals surface area contributed by atoms with Gasteiger partial charge in [-0.25, -0.2) is 0 Å². The third kappa shape index (κ3) is 33.5. The number of aliphatic hydroxyl groups is 2. The number of benzene rings is 6. The van der Waals surface area contributed by atoms with Gasteiger partial charge in [-0.05, 0) is 76.3 Å². The number of unbranched alkanes of at least 4 members (excludes halogenated alkanes) is 2. The summed E-state index contributed by atoms with van der Waals surface area (Å²) in [6, 6.07) is 48.3. The van der Waals surface area contributed by atoms with Gasteiger partial charge in [0.1, 0.15) is 0 Å². The van der Waals surface area contributed by atoms with Gasteiger partial charge in [-0.2, -0.15) is 0 Å². The van der Waals surface area contributed by atoms with E-state index in [1.54, 1.807) is 14.2 Å². The first-order valence-corrected chi connectivity index (χ1v) is 40.5. The van der Waals surface area contributed by atoms with E-state index >= 15 is 0 Å². The molecule has 612 valence electrons. The number of fused-ring (bicyclic) bond motifs is 6. The van der Waals surface area contributed by atoms with E-state index in [0.29, 0.717) is 25.0 Å². The highest BCUT2D eigenvalue weighted by Crippen LogP contribution is 2.45. The monoisotopic (exact) mass is 1510 g/mol. The van der Waals surface area contributed by atoms with Crippen molar-refractivity contribution in [2.75, 3.05) is 80.3 Å². The van der Waals surface area contributed by atoms with Crippen molar-refractivity contribution in [1.82, 2.24) is 0 Å². The smallest absolute Gasteiger partial charge is 0.187 e. The van der Waals surface area contributed by atoms with Crippen LogP contribution in [0.4, 0.5) is 0 Å². The molecule has 0 aliphatic carbocycles. The van der Waals surface area contributed by atoms with E-state index < -0.39 is 12.6 Å². The Morgan fingerprint density at radius 3 is 0.676 bits per heavy atom.